The Balaban J connectivity index is 1.67. The minimum Gasteiger partial charge on any atom is -0.254 e. The number of benzene rings is 1. The highest BCUT2D eigenvalue weighted by Gasteiger charge is 2.15. The Morgan fingerprint density at radius 3 is 2.76 bits per heavy atom. The molecule has 130 valence electrons. The van der Waals surface area contributed by atoms with Crippen LogP contribution in [0.25, 0.3) is 10.7 Å². The molecule has 0 aliphatic heterocycles. The smallest absolute Gasteiger partial charge is 0.240 e. The van der Waals surface area contributed by atoms with E-state index in [0.717, 1.165) is 21.3 Å². The minimum atomic E-state index is -3.57. The van der Waals surface area contributed by atoms with Gasteiger partial charge in [-0.05, 0) is 43.7 Å². The second kappa shape index (κ2) is 7.61. The maximum absolute atomic E-state index is 12.3. The Morgan fingerprint density at radius 2 is 2.04 bits per heavy atom. The lowest BCUT2D eigenvalue weighted by molar-refractivity contribution is 0.581. The number of nitrogens with one attached hydrogen (secondary N) is 1. The Hall–Kier alpha value is -1.80. The van der Waals surface area contributed by atoms with Crippen LogP contribution in [0.3, 0.4) is 0 Å². The normalized spacial score (nSPS) is 11.6. The Morgan fingerprint density at radius 1 is 1.20 bits per heavy atom. The first-order valence-electron chi connectivity index (χ1n) is 7.58. The monoisotopic (exact) mass is 393 g/mol. The summed E-state index contributed by atoms with van der Waals surface area (Å²) >= 11 is 7.39. The van der Waals surface area contributed by atoms with Gasteiger partial charge >= 0.3 is 0 Å². The molecule has 0 fully saturated rings. The highest BCUT2D eigenvalue weighted by molar-refractivity contribution is 7.89. The Kier molecular flexibility index (Phi) is 5.48. The van der Waals surface area contributed by atoms with Gasteiger partial charge < -0.3 is 0 Å². The number of nitrogens with zero attached hydrogens (tertiary/aromatic N) is 2. The zero-order valence-electron chi connectivity index (χ0n) is 13.4. The van der Waals surface area contributed by atoms with Crippen LogP contribution in [-0.2, 0) is 16.4 Å². The molecule has 0 aliphatic rings. The van der Waals surface area contributed by atoms with Crippen molar-refractivity contribution in [1.82, 2.24) is 14.7 Å². The lowest BCUT2D eigenvalue weighted by Gasteiger charge is -2.06. The highest BCUT2D eigenvalue weighted by atomic mass is 35.5. The maximum atomic E-state index is 12.3. The van der Waals surface area contributed by atoms with Gasteiger partial charge in [-0.2, -0.15) is 0 Å². The largest absolute Gasteiger partial charge is 0.254 e. The van der Waals surface area contributed by atoms with Gasteiger partial charge in [0.1, 0.15) is 5.01 Å². The van der Waals surface area contributed by atoms with E-state index < -0.39 is 10.0 Å². The van der Waals surface area contributed by atoms with Crippen LogP contribution in [-0.4, -0.2) is 24.9 Å². The van der Waals surface area contributed by atoms with Crippen molar-refractivity contribution >= 4 is 33.0 Å². The average molecular weight is 394 g/mol. The first kappa shape index (κ1) is 18.0. The second-order valence-corrected chi connectivity index (χ2v) is 8.63. The summed E-state index contributed by atoms with van der Waals surface area (Å²) in [6.07, 6.45) is 2.29. The molecule has 0 atom stereocenters. The molecule has 1 N–H and O–H groups in total. The van der Waals surface area contributed by atoms with Crippen molar-refractivity contribution in [2.75, 3.05) is 6.54 Å². The molecule has 0 spiro atoms. The molecule has 2 heterocycles. The van der Waals surface area contributed by atoms with Crippen molar-refractivity contribution in [3.05, 3.63) is 64.3 Å². The van der Waals surface area contributed by atoms with Crippen LogP contribution in [0, 0.1) is 6.92 Å². The van der Waals surface area contributed by atoms with Crippen LogP contribution >= 0.6 is 22.9 Å². The molecule has 3 rings (SSSR count). The molecule has 1 aromatic carbocycles. The summed E-state index contributed by atoms with van der Waals surface area (Å²) in [7, 11) is -3.57. The van der Waals surface area contributed by atoms with E-state index in [1.807, 2.05) is 25.1 Å². The van der Waals surface area contributed by atoms with Crippen LogP contribution in [0.2, 0.25) is 5.02 Å². The predicted molar refractivity (Wildman–Crippen MR) is 100 cm³/mol. The van der Waals surface area contributed by atoms with Crippen molar-refractivity contribution in [2.45, 2.75) is 18.2 Å². The molecular weight excluding hydrogens is 378 g/mol. The highest BCUT2D eigenvalue weighted by Crippen LogP contribution is 2.26. The van der Waals surface area contributed by atoms with Gasteiger partial charge in [0.2, 0.25) is 10.0 Å². The summed E-state index contributed by atoms with van der Waals surface area (Å²) in [4.78, 5) is 10.0. The van der Waals surface area contributed by atoms with Gasteiger partial charge in [0.15, 0.2) is 0 Å². The number of sulfonamides is 1. The van der Waals surface area contributed by atoms with E-state index in [-0.39, 0.29) is 4.90 Å². The topological polar surface area (TPSA) is 72.0 Å². The minimum absolute atomic E-state index is 0.162. The number of hydrogen-bond acceptors (Lipinski definition) is 5. The van der Waals surface area contributed by atoms with Crippen LogP contribution in [0.5, 0.6) is 0 Å². The summed E-state index contributed by atoms with van der Waals surface area (Å²) in [5.41, 5.74) is 1.72. The Bertz CT molecular complexity index is 973. The van der Waals surface area contributed by atoms with Gasteiger partial charge in [0, 0.05) is 22.6 Å². The molecule has 25 heavy (non-hydrogen) atoms. The van der Waals surface area contributed by atoms with E-state index in [0.29, 0.717) is 18.0 Å². The zero-order chi connectivity index (χ0) is 17.9. The maximum Gasteiger partial charge on any atom is 0.240 e. The number of thiazole rings is 1. The molecule has 0 saturated carbocycles. The molecule has 2 aromatic heterocycles. The van der Waals surface area contributed by atoms with Crippen LogP contribution in [0.15, 0.2) is 53.6 Å². The van der Waals surface area contributed by atoms with E-state index in [1.165, 1.54) is 23.5 Å². The third kappa shape index (κ3) is 4.43. The van der Waals surface area contributed by atoms with E-state index in [4.69, 9.17) is 11.6 Å². The summed E-state index contributed by atoms with van der Waals surface area (Å²) in [6.45, 7) is 2.21. The van der Waals surface area contributed by atoms with Crippen molar-refractivity contribution in [2.24, 2.45) is 0 Å². The molecule has 0 aliphatic carbocycles. The number of pyridine rings is 1. The lowest BCUT2D eigenvalue weighted by atomic mass is 10.3. The molecular formula is C17H16ClN3O2S2. The Labute approximate surface area is 155 Å². The van der Waals surface area contributed by atoms with E-state index in [2.05, 4.69) is 14.7 Å². The predicted octanol–water partition coefficient (Wildman–Crippen LogP) is 3.69. The molecule has 0 unspecified atom stereocenters. The number of halogens is 1. The van der Waals surface area contributed by atoms with Gasteiger partial charge in [-0.25, -0.2) is 18.1 Å². The lowest BCUT2D eigenvalue weighted by Crippen LogP contribution is -2.25. The third-order valence-electron chi connectivity index (χ3n) is 3.53. The number of aromatic nitrogens is 2. The second-order valence-electron chi connectivity index (χ2n) is 5.35. The fraction of sp³-hybridized carbons (Fsp3) is 0.176. The van der Waals surface area contributed by atoms with Crippen molar-refractivity contribution in [3.8, 4) is 10.7 Å². The van der Waals surface area contributed by atoms with Crippen LogP contribution in [0.1, 0.15) is 10.6 Å². The first-order chi connectivity index (χ1) is 12.0. The standard InChI is InChI=1S/C17H16ClN3O2S2/c1-12-16(24-17(21-12)15-7-2-3-9-19-15)8-10-20-25(22,23)14-6-4-5-13(18)11-14/h2-7,9,11,20H,8,10H2,1H3. The number of rotatable bonds is 6. The molecule has 5 nitrogen and oxygen atoms in total. The van der Waals surface area contributed by atoms with Gasteiger partial charge in [-0.3, -0.25) is 4.98 Å². The van der Waals surface area contributed by atoms with Gasteiger partial charge in [-0.1, -0.05) is 23.7 Å². The average Bonchev–Trinajstić information content (AvgIpc) is 2.97. The van der Waals surface area contributed by atoms with Gasteiger partial charge in [-0.15, -0.1) is 11.3 Å². The molecule has 0 saturated heterocycles. The summed E-state index contributed by atoms with van der Waals surface area (Å²) in [6, 6.07) is 11.9. The van der Waals surface area contributed by atoms with Crippen LogP contribution < -0.4 is 4.72 Å². The molecule has 0 bridgehead atoms. The van der Waals surface area contributed by atoms with Gasteiger partial charge in [0.25, 0.3) is 0 Å². The van der Waals surface area contributed by atoms with E-state index in [9.17, 15) is 8.42 Å². The first-order valence-corrected chi connectivity index (χ1v) is 10.3. The van der Waals surface area contributed by atoms with E-state index in [1.54, 1.807) is 18.3 Å². The van der Waals surface area contributed by atoms with E-state index >= 15 is 0 Å². The zero-order valence-corrected chi connectivity index (χ0v) is 15.8. The fourth-order valence-corrected chi connectivity index (χ4v) is 4.65. The summed E-state index contributed by atoms with van der Waals surface area (Å²) in [5, 5.41) is 1.23. The molecule has 0 amide bonds. The number of aryl methyl sites for hydroxylation is 1. The quantitative estimate of drug-likeness (QED) is 0.693. The molecule has 0 radical (unpaired) electrons. The SMILES string of the molecule is Cc1nc(-c2ccccn2)sc1CCNS(=O)(=O)c1cccc(Cl)c1. The summed E-state index contributed by atoms with van der Waals surface area (Å²) < 4.78 is 27.2. The molecule has 3 aromatic rings. The van der Waals surface area contributed by atoms with Crippen molar-refractivity contribution in [3.63, 3.8) is 0 Å². The van der Waals surface area contributed by atoms with Gasteiger partial charge in [0.05, 0.1) is 16.3 Å². The summed E-state index contributed by atoms with van der Waals surface area (Å²) in [5.74, 6) is 0. The third-order valence-corrected chi connectivity index (χ3v) is 6.46. The fourth-order valence-electron chi connectivity index (χ4n) is 2.28. The number of hydrogen-bond donors (Lipinski definition) is 1. The van der Waals surface area contributed by atoms with Crippen molar-refractivity contribution < 1.29 is 8.42 Å². The molecule has 8 heteroatoms. The van der Waals surface area contributed by atoms with Crippen molar-refractivity contribution in [1.29, 1.82) is 0 Å². The van der Waals surface area contributed by atoms with Crippen LogP contribution in [0.4, 0.5) is 0 Å².